The molecule has 1 amide bonds. The molecule has 7 heteroatoms. The molecule has 3 aromatic carbocycles. The van der Waals surface area contributed by atoms with Gasteiger partial charge in [-0.2, -0.15) is 0 Å². The van der Waals surface area contributed by atoms with E-state index in [0.29, 0.717) is 5.56 Å². The van der Waals surface area contributed by atoms with Crippen LogP contribution in [0.3, 0.4) is 0 Å². The Morgan fingerprint density at radius 1 is 0.970 bits per heavy atom. The number of aryl methyl sites for hydroxylation is 1. The summed E-state index contributed by atoms with van der Waals surface area (Å²) >= 11 is 0. The number of primary sulfonamides is 1. The Labute approximate surface area is 193 Å². The molecule has 1 atom stereocenters. The van der Waals surface area contributed by atoms with Crippen LogP contribution in [0.1, 0.15) is 34.5 Å². The first kappa shape index (κ1) is 22.6. The number of amides is 1. The number of aromatic nitrogens is 1. The Kier molecular flexibility index (Phi) is 6.01. The lowest BCUT2D eigenvalue weighted by Crippen LogP contribution is -2.30. The highest BCUT2D eigenvalue weighted by molar-refractivity contribution is 7.89. The lowest BCUT2D eigenvalue weighted by Gasteiger charge is -2.26. The molecule has 0 saturated carbocycles. The molecule has 0 fully saturated rings. The standard InChI is InChI=1S/C26H25N3O3S/c1-17-9-14-24-22(15-17)23(16-25(28-24)20-7-5-4-6-8-20)26(30)29(3)18(2)19-10-12-21(13-11-19)33(27,31)32/h4-16,18H,1-3H3,(H2,27,31,32)/t18-/m1/s1. The average Bonchev–Trinajstić information content (AvgIpc) is 2.82. The van der Waals surface area contributed by atoms with Crippen LogP contribution in [0.25, 0.3) is 22.2 Å². The quantitative estimate of drug-likeness (QED) is 0.468. The molecule has 0 aliphatic heterocycles. The number of nitrogens with two attached hydrogens (primary N) is 1. The van der Waals surface area contributed by atoms with Gasteiger partial charge in [0.25, 0.3) is 5.91 Å². The number of sulfonamides is 1. The Balaban J connectivity index is 1.75. The Morgan fingerprint density at radius 2 is 1.64 bits per heavy atom. The number of benzene rings is 3. The monoisotopic (exact) mass is 459 g/mol. The summed E-state index contributed by atoms with van der Waals surface area (Å²) in [7, 11) is -2.03. The molecular formula is C26H25N3O3S. The van der Waals surface area contributed by atoms with Crippen molar-refractivity contribution in [1.29, 1.82) is 0 Å². The third-order valence-electron chi connectivity index (χ3n) is 5.86. The van der Waals surface area contributed by atoms with Gasteiger partial charge in [-0.25, -0.2) is 18.5 Å². The lowest BCUT2D eigenvalue weighted by atomic mass is 10.0. The van der Waals surface area contributed by atoms with Crippen molar-refractivity contribution in [2.45, 2.75) is 24.8 Å². The summed E-state index contributed by atoms with van der Waals surface area (Å²) in [5.41, 5.74) is 4.83. The second-order valence-corrected chi connectivity index (χ2v) is 9.71. The topological polar surface area (TPSA) is 93.4 Å². The maximum Gasteiger partial charge on any atom is 0.254 e. The molecule has 1 heterocycles. The first-order chi connectivity index (χ1) is 15.6. The molecule has 4 aromatic rings. The zero-order valence-corrected chi connectivity index (χ0v) is 19.5. The molecule has 0 radical (unpaired) electrons. The number of rotatable bonds is 5. The van der Waals surface area contributed by atoms with Gasteiger partial charge in [-0.05, 0) is 49.7 Å². The molecule has 168 valence electrons. The smallest absolute Gasteiger partial charge is 0.254 e. The van der Waals surface area contributed by atoms with Crippen LogP contribution in [-0.2, 0) is 10.0 Å². The zero-order chi connectivity index (χ0) is 23.8. The van der Waals surface area contributed by atoms with Gasteiger partial charge in [0.05, 0.1) is 27.7 Å². The van der Waals surface area contributed by atoms with E-state index < -0.39 is 10.0 Å². The number of carbonyl (C=O) groups excluding carboxylic acids is 1. The van der Waals surface area contributed by atoms with Crippen LogP contribution in [0.5, 0.6) is 0 Å². The van der Waals surface area contributed by atoms with E-state index in [2.05, 4.69) is 0 Å². The van der Waals surface area contributed by atoms with Crippen molar-refractivity contribution in [3.63, 3.8) is 0 Å². The van der Waals surface area contributed by atoms with E-state index in [0.717, 1.165) is 33.3 Å². The van der Waals surface area contributed by atoms with Gasteiger partial charge < -0.3 is 4.90 Å². The highest BCUT2D eigenvalue weighted by atomic mass is 32.2. The van der Waals surface area contributed by atoms with E-state index in [9.17, 15) is 13.2 Å². The molecule has 0 bridgehead atoms. The third kappa shape index (κ3) is 4.65. The third-order valence-corrected chi connectivity index (χ3v) is 6.79. The minimum absolute atomic E-state index is 0.0375. The number of pyridine rings is 1. The normalized spacial score (nSPS) is 12.5. The Bertz CT molecular complexity index is 1430. The first-order valence-corrected chi connectivity index (χ1v) is 12.1. The maximum absolute atomic E-state index is 13.7. The first-order valence-electron chi connectivity index (χ1n) is 10.5. The molecule has 1 aromatic heterocycles. The van der Waals surface area contributed by atoms with Crippen molar-refractivity contribution in [3.05, 3.63) is 95.6 Å². The number of carbonyl (C=O) groups is 1. The summed E-state index contributed by atoms with van der Waals surface area (Å²) in [6.07, 6.45) is 0. The van der Waals surface area contributed by atoms with Gasteiger partial charge in [-0.3, -0.25) is 4.79 Å². The molecule has 0 aliphatic rings. The number of hydrogen-bond donors (Lipinski definition) is 1. The minimum atomic E-state index is -3.77. The summed E-state index contributed by atoms with van der Waals surface area (Å²) in [6, 6.07) is 23.5. The molecule has 33 heavy (non-hydrogen) atoms. The van der Waals surface area contributed by atoms with E-state index in [1.54, 1.807) is 24.1 Å². The fourth-order valence-electron chi connectivity index (χ4n) is 3.80. The number of fused-ring (bicyclic) bond motifs is 1. The Morgan fingerprint density at radius 3 is 2.27 bits per heavy atom. The van der Waals surface area contributed by atoms with Crippen molar-refractivity contribution in [2.75, 3.05) is 7.05 Å². The van der Waals surface area contributed by atoms with E-state index in [4.69, 9.17) is 10.1 Å². The zero-order valence-electron chi connectivity index (χ0n) is 18.7. The highest BCUT2D eigenvalue weighted by Crippen LogP contribution is 2.29. The molecule has 0 aliphatic carbocycles. The van der Waals surface area contributed by atoms with E-state index in [1.807, 2.05) is 68.4 Å². The molecule has 4 rings (SSSR count). The van der Waals surface area contributed by atoms with Crippen LogP contribution in [0.2, 0.25) is 0 Å². The number of nitrogens with zero attached hydrogens (tertiary/aromatic N) is 2. The van der Waals surface area contributed by atoms with Crippen molar-refractivity contribution >= 4 is 26.8 Å². The van der Waals surface area contributed by atoms with Crippen LogP contribution in [-0.4, -0.2) is 31.3 Å². The van der Waals surface area contributed by atoms with Gasteiger partial charge in [-0.1, -0.05) is 54.1 Å². The van der Waals surface area contributed by atoms with Gasteiger partial charge in [-0.15, -0.1) is 0 Å². The van der Waals surface area contributed by atoms with Gasteiger partial charge in [0, 0.05) is 18.0 Å². The largest absolute Gasteiger partial charge is 0.335 e. The average molecular weight is 460 g/mol. The van der Waals surface area contributed by atoms with Crippen LogP contribution in [0, 0.1) is 6.92 Å². The lowest BCUT2D eigenvalue weighted by molar-refractivity contribution is 0.0744. The summed E-state index contributed by atoms with van der Waals surface area (Å²) in [6.45, 7) is 3.88. The van der Waals surface area contributed by atoms with E-state index >= 15 is 0 Å². The van der Waals surface area contributed by atoms with Crippen LogP contribution in [0.4, 0.5) is 0 Å². The summed E-state index contributed by atoms with van der Waals surface area (Å²) in [4.78, 5) is 20.2. The molecule has 0 spiro atoms. The molecule has 0 unspecified atom stereocenters. The summed E-state index contributed by atoms with van der Waals surface area (Å²) < 4.78 is 23.1. The Hall–Kier alpha value is -3.55. The van der Waals surface area contributed by atoms with Crippen molar-refractivity contribution in [1.82, 2.24) is 9.88 Å². The van der Waals surface area contributed by atoms with Gasteiger partial charge >= 0.3 is 0 Å². The van der Waals surface area contributed by atoms with Crippen molar-refractivity contribution in [3.8, 4) is 11.3 Å². The molecule has 2 N–H and O–H groups in total. The predicted molar refractivity (Wildman–Crippen MR) is 130 cm³/mol. The van der Waals surface area contributed by atoms with Crippen LogP contribution < -0.4 is 5.14 Å². The van der Waals surface area contributed by atoms with Crippen LogP contribution in [0.15, 0.2) is 83.8 Å². The minimum Gasteiger partial charge on any atom is -0.335 e. The van der Waals surface area contributed by atoms with Gasteiger partial charge in [0.15, 0.2) is 0 Å². The molecule has 6 nitrogen and oxygen atoms in total. The highest BCUT2D eigenvalue weighted by Gasteiger charge is 2.22. The van der Waals surface area contributed by atoms with Crippen LogP contribution >= 0.6 is 0 Å². The summed E-state index contributed by atoms with van der Waals surface area (Å²) in [5.74, 6) is -0.145. The van der Waals surface area contributed by atoms with Crippen molar-refractivity contribution < 1.29 is 13.2 Å². The number of hydrogen-bond acceptors (Lipinski definition) is 4. The molecule has 0 saturated heterocycles. The maximum atomic E-state index is 13.7. The van der Waals surface area contributed by atoms with Gasteiger partial charge in [0.1, 0.15) is 0 Å². The molecular weight excluding hydrogens is 434 g/mol. The van der Waals surface area contributed by atoms with E-state index in [-0.39, 0.29) is 16.8 Å². The SMILES string of the molecule is Cc1ccc2nc(-c3ccccc3)cc(C(=O)N(C)[C@H](C)c3ccc(S(N)(=O)=O)cc3)c2c1. The fourth-order valence-corrected chi connectivity index (χ4v) is 4.31. The van der Waals surface area contributed by atoms with Crippen molar-refractivity contribution in [2.24, 2.45) is 5.14 Å². The predicted octanol–water partition coefficient (Wildman–Crippen LogP) is 4.69. The second-order valence-electron chi connectivity index (χ2n) is 8.15. The van der Waals surface area contributed by atoms with Gasteiger partial charge in [0.2, 0.25) is 10.0 Å². The summed E-state index contributed by atoms with van der Waals surface area (Å²) in [5, 5.41) is 5.99. The second kappa shape index (κ2) is 8.77. The van der Waals surface area contributed by atoms with E-state index in [1.165, 1.54) is 12.1 Å². The fraction of sp³-hybridized carbons (Fsp3) is 0.154.